The van der Waals surface area contributed by atoms with E-state index in [9.17, 15) is 26.4 Å². The number of piperidine rings is 1. The number of rotatable bonds is 6. The summed E-state index contributed by atoms with van der Waals surface area (Å²) >= 11 is 0. The Morgan fingerprint density at radius 3 is 2.28 bits per heavy atom. The largest absolute Gasteiger partial charge is 0.339 e. The maximum absolute atomic E-state index is 13.7. The van der Waals surface area contributed by atoms with E-state index in [1.54, 1.807) is 4.90 Å². The second-order valence-electron chi connectivity index (χ2n) is 7.00. The minimum absolute atomic E-state index is 0.0921. The number of carbonyl (C=O) groups is 1. The van der Waals surface area contributed by atoms with Crippen LogP contribution < -0.4 is 4.72 Å². The predicted octanol–water partition coefficient (Wildman–Crippen LogP) is 3.32. The normalized spacial score (nSPS) is 15.5. The highest BCUT2D eigenvalue weighted by atomic mass is 32.2. The van der Waals surface area contributed by atoms with Crippen molar-refractivity contribution in [1.82, 2.24) is 9.62 Å². The molecule has 0 atom stereocenters. The maximum atomic E-state index is 13.7. The van der Waals surface area contributed by atoms with Crippen LogP contribution in [0.2, 0.25) is 0 Å². The summed E-state index contributed by atoms with van der Waals surface area (Å²) in [6.45, 7) is 1.13. The molecule has 3 rings (SSSR count). The number of hydrogen-bond donors (Lipinski definition) is 1. The zero-order valence-corrected chi connectivity index (χ0v) is 16.4. The van der Waals surface area contributed by atoms with Gasteiger partial charge in [0.1, 0.15) is 22.3 Å². The van der Waals surface area contributed by atoms with Crippen molar-refractivity contribution in [1.29, 1.82) is 0 Å². The van der Waals surface area contributed by atoms with Gasteiger partial charge in [0.25, 0.3) is 5.91 Å². The standard InChI is InChI=1S/C20H21F3N2O3S/c21-16-3-1-15(2-4-16)20(26)25-11-8-14(9-12-25)7-10-24-29(27,28)19-13-17(22)5-6-18(19)23/h1-6,13-14,24H,7-12H2. The molecule has 29 heavy (non-hydrogen) atoms. The third-order valence-electron chi connectivity index (χ3n) is 5.02. The molecule has 0 radical (unpaired) electrons. The molecule has 1 aliphatic rings. The van der Waals surface area contributed by atoms with Crippen LogP contribution in [-0.4, -0.2) is 38.9 Å². The summed E-state index contributed by atoms with van der Waals surface area (Å²) in [4.78, 5) is 13.4. The van der Waals surface area contributed by atoms with Crippen molar-refractivity contribution in [2.75, 3.05) is 19.6 Å². The highest BCUT2D eigenvalue weighted by molar-refractivity contribution is 7.89. The number of likely N-dealkylation sites (tertiary alicyclic amines) is 1. The maximum Gasteiger partial charge on any atom is 0.253 e. The zero-order chi connectivity index (χ0) is 21.0. The van der Waals surface area contributed by atoms with E-state index in [4.69, 9.17) is 0 Å². The zero-order valence-electron chi connectivity index (χ0n) is 15.6. The van der Waals surface area contributed by atoms with E-state index in [0.717, 1.165) is 12.1 Å². The van der Waals surface area contributed by atoms with E-state index in [0.29, 0.717) is 44.0 Å². The van der Waals surface area contributed by atoms with E-state index in [-0.39, 0.29) is 18.4 Å². The number of halogens is 3. The van der Waals surface area contributed by atoms with Gasteiger partial charge in [-0.2, -0.15) is 0 Å². The molecule has 0 bridgehead atoms. The highest BCUT2D eigenvalue weighted by Crippen LogP contribution is 2.22. The number of nitrogens with one attached hydrogen (secondary N) is 1. The minimum Gasteiger partial charge on any atom is -0.339 e. The van der Waals surface area contributed by atoms with Crippen molar-refractivity contribution in [2.45, 2.75) is 24.2 Å². The van der Waals surface area contributed by atoms with Crippen LogP contribution in [0.15, 0.2) is 47.4 Å². The summed E-state index contributed by atoms with van der Waals surface area (Å²) < 4.78 is 66.5. The molecule has 0 saturated carbocycles. The van der Waals surface area contributed by atoms with Crippen molar-refractivity contribution >= 4 is 15.9 Å². The van der Waals surface area contributed by atoms with Gasteiger partial charge in [-0.15, -0.1) is 0 Å². The summed E-state index contributed by atoms with van der Waals surface area (Å²) in [5.41, 5.74) is 0.426. The first-order valence-corrected chi connectivity index (χ1v) is 10.7. The number of nitrogens with zero attached hydrogens (tertiary/aromatic N) is 1. The Morgan fingerprint density at radius 1 is 1.00 bits per heavy atom. The van der Waals surface area contributed by atoms with Crippen LogP contribution in [0.25, 0.3) is 0 Å². The fraction of sp³-hybridized carbons (Fsp3) is 0.350. The molecule has 5 nitrogen and oxygen atoms in total. The molecule has 1 amide bonds. The van der Waals surface area contributed by atoms with E-state index in [1.807, 2.05) is 0 Å². The molecule has 156 valence electrons. The Bertz CT molecular complexity index is 973. The molecule has 0 aromatic heterocycles. The number of amides is 1. The van der Waals surface area contributed by atoms with Crippen molar-refractivity contribution in [2.24, 2.45) is 5.92 Å². The number of sulfonamides is 1. The van der Waals surface area contributed by atoms with Gasteiger partial charge in [0, 0.05) is 25.2 Å². The van der Waals surface area contributed by atoms with E-state index >= 15 is 0 Å². The third kappa shape index (κ3) is 5.36. The Balaban J connectivity index is 1.48. The molecule has 1 N–H and O–H groups in total. The lowest BCUT2D eigenvalue weighted by Crippen LogP contribution is -2.39. The summed E-state index contributed by atoms with van der Waals surface area (Å²) in [5, 5.41) is 0. The molecule has 1 heterocycles. The third-order valence-corrected chi connectivity index (χ3v) is 6.50. The van der Waals surface area contributed by atoms with Crippen LogP contribution in [0, 0.1) is 23.4 Å². The topological polar surface area (TPSA) is 66.5 Å². The molecule has 0 aliphatic carbocycles. The highest BCUT2D eigenvalue weighted by Gasteiger charge is 2.25. The van der Waals surface area contributed by atoms with Crippen molar-refractivity contribution in [3.05, 3.63) is 65.5 Å². The SMILES string of the molecule is O=C(c1ccc(F)cc1)N1CCC(CCNS(=O)(=O)c2cc(F)ccc2F)CC1. The van der Waals surface area contributed by atoms with Crippen LogP contribution >= 0.6 is 0 Å². The van der Waals surface area contributed by atoms with Gasteiger partial charge in [0.15, 0.2) is 0 Å². The molecule has 1 saturated heterocycles. The van der Waals surface area contributed by atoms with Gasteiger partial charge < -0.3 is 4.90 Å². The number of hydrogen-bond acceptors (Lipinski definition) is 3. The Kier molecular flexibility index (Phi) is 6.59. The molecular formula is C20H21F3N2O3S. The quantitative estimate of drug-likeness (QED) is 0.771. The second-order valence-corrected chi connectivity index (χ2v) is 8.74. The lowest BCUT2D eigenvalue weighted by atomic mass is 9.93. The smallest absolute Gasteiger partial charge is 0.253 e. The van der Waals surface area contributed by atoms with Crippen molar-refractivity contribution in [3.63, 3.8) is 0 Å². The summed E-state index contributed by atoms with van der Waals surface area (Å²) in [5.74, 6) is -2.20. The average Bonchev–Trinajstić information content (AvgIpc) is 2.70. The molecule has 0 unspecified atom stereocenters. The van der Waals surface area contributed by atoms with E-state index < -0.39 is 32.4 Å². The fourth-order valence-electron chi connectivity index (χ4n) is 3.36. The van der Waals surface area contributed by atoms with Crippen LogP contribution in [0.1, 0.15) is 29.6 Å². The van der Waals surface area contributed by atoms with Gasteiger partial charge in [0.2, 0.25) is 10.0 Å². The van der Waals surface area contributed by atoms with Crippen LogP contribution in [0.4, 0.5) is 13.2 Å². The summed E-state index contributed by atoms with van der Waals surface area (Å²) in [7, 11) is -4.14. The molecule has 2 aromatic carbocycles. The van der Waals surface area contributed by atoms with Gasteiger partial charge >= 0.3 is 0 Å². The predicted molar refractivity (Wildman–Crippen MR) is 101 cm³/mol. The van der Waals surface area contributed by atoms with Gasteiger partial charge in [-0.3, -0.25) is 4.79 Å². The van der Waals surface area contributed by atoms with E-state index in [1.165, 1.54) is 24.3 Å². The Hall–Kier alpha value is -2.39. The summed E-state index contributed by atoms with van der Waals surface area (Å²) in [6.07, 6.45) is 1.92. The molecule has 2 aromatic rings. The average molecular weight is 426 g/mol. The lowest BCUT2D eigenvalue weighted by molar-refractivity contribution is 0.0687. The first-order chi connectivity index (χ1) is 13.8. The minimum atomic E-state index is -4.14. The fourth-order valence-corrected chi connectivity index (χ4v) is 4.49. The van der Waals surface area contributed by atoms with Gasteiger partial charge in [0.05, 0.1) is 0 Å². The van der Waals surface area contributed by atoms with Crippen molar-refractivity contribution < 1.29 is 26.4 Å². The molecule has 1 aliphatic heterocycles. The van der Waals surface area contributed by atoms with Gasteiger partial charge in [-0.05, 0) is 67.6 Å². The first kappa shape index (κ1) is 21.3. The second kappa shape index (κ2) is 8.96. The van der Waals surface area contributed by atoms with E-state index in [2.05, 4.69) is 4.72 Å². The van der Waals surface area contributed by atoms with Crippen molar-refractivity contribution in [3.8, 4) is 0 Å². The Labute approximate surface area is 167 Å². The molecular weight excluding hydrogens is 405 g/mol. The Morgan fingerprint density at radius 2 is 1.62 bits per heavy atom. The number of carbonyl (C=O) groups excluding carboxylic acids is 1. The first-order valence-electron chi connectivity index (χ1n) is 9.26. The van der Waals surface area contributed by atoms with Gasteiger partial charge in [-0.25, -0.2) is 26.3 Å². The molecule has 9 heteroatoms. The molecule has 1 fully saturated rings. The monoisotopic (exact) mass is 426 g/mol. The number of benzene rings is 2. The van der Waals surface area contributed by atoms with Crippen LogP contribution in [0.5, 0.6) is 0 Å². The van der Waals surface area contributed by atoms with Crippen LogP contribution in [-0.2, 0) is 10.0 Å². The van der Waals surface area contributed by atoms with Gasteiger partial charge in [-0.1, -0.05) is 0 Å². The molecule has 0 spiro atoms. The summed E-state index contributed by atoms with van der Waals surface area (Å²) in [6, 6.07) is 7.67. The lowest BCUT2D eigenvalue weighted by Gasteiger charge is -2.32. The van der Waals surface area contributed by atoms with Crippen LogP contribution in [0.3, 0.4) is 0 Å².